The maximum Gasteiger partial charge on any atom is 0.376 e. The van der Waals surface area contributed by atoms with Crippen LogP contribution in [-0.4, -0.2) is 30.9 Å². The Hall–Kier alpha value is -0.240. The topological polar surface area (TPSA) is 40.1 Å². The van der Waals surface area contributed by atoms with E-state index in [1.807, 2.05) is 28.1 Å². The van der Waals surface area contributed by atoms with E-state index in [4.69, 9.17) is 0 Å². The van der Waals surface area contributed by atoms with E-state index >= 15 is 0 Å². The lowest BCUT2D eigenvalue weighted by Crippen LogP contribution is -2.55. The van der Waals surface area contributed by atoms with Gasteiger partial charge in [0.05, 0.1) is 21.1 Å². The average molecular weight is 457 g/mol. The summed E-state index contributed by atoms with van der Waals surface area (Å²) >= 11 is 0. The van der Waals surface area contributed by atoms with Gasteiger partial charge in [-0.1, -0.05) is 108 Å². The van der Waals surface area contributed by atoms with Crippen molar-refractivity contribution in [2.45, 2.75) is 141 Å². The molecule has 0 amide bonds. The van der Waals surface area contributed by atoms with Crippen LogP contribution in [-0.2, 0) is 4.57 Å². The lowest BCUT2D eigenvalue weighted by atomic mass is 10.0. The Labute approximate surface area is 196 Å². The number of nitrogens with zero attached hydrogens (tertiary/aromatic N) is 1. The van der Waals surface area contributed by atoms with E-state index in [1.165, 1.54) is 96.3 Å². The molecule has 4 heteroatoms. The van der Waals surface area contributed by atoms with Gasteiger partial charge in [-0.3, -0.25) is 4.48 Å². The summed E-state index contributed by atoms with van der Waals surface area (Å²) in [5.41, 5.74) is 0. The normalized spacial score (nSPS) is 14.8. The number of hydrogen-bond donors (Lipinski definition) is 0. The molecule has 0 aromatic carbocycles. The lowest BCUT2D eigenvalue weighted by Gasteiger charge is -2.39. The van der Waals surface area contributed by atoms with Crippen molar-refractivity contribution < 1.29 is 13.9 Å². The molecule has 2 unspecified atom stereocenters. The maximum atomic E-state index is 11.9. The van der Waals surface area contributed by atoms with Gasteiger partial charge in [-0.15, -0.1) is 0 Å². The molecule has 0 heterocycles. The molecule has 0 aliphatic heterocycles. The third-order valence-corrected chi connectivity index (χ3v) is 8.81. The number of allylic oxidation sites excluding steroid dienone is 2. The highest BCUT2D eigenvalue weighted by atomic mass is 31.1. The quantitative estimate of drug-likeness (QED) is 0.0709. The molecule has 3 nitrogen and oxygen atoms in total. The standard InChI is InChI=1S/C27H55NO2P/c1-6-8-9-10-11-12-13-14-15-16-17-18-19-20-21-22-23-24-25-26-27(7-2,31(29)30)28(3,4)5/h19-20H,6-18,21-26H2,1-5H3/q+1. The van der Waals surface area contributed by atoms with Crippen LogP contribution in [0.4, 0.5) is 0 Å². The zero-order valence-corrected chi connectivity index (χ0v) is 22.7. The monoisotopic (exact) mass is 456 g/mol. The lowest BCUT2D eigenvalue weighted by molar-refractivity contribution is -0.910. The van der Waals surface area contributed by atoms with Crippen molar-refractivity contribution in [3.8, 4) is 0 Å². The van der Waals surface area contributed by atoms with Crippen molar-refractivity contribution in [1.82, 2.24) is 0 Å². The van der Waals surface area contributed by atoms with E-state index in [1.54, 1.807) is 0 Å². The Morgan fingerprint density at radius 1 is 0.677 bits per heavy atom. The summed E-state index contributed by atoms with van der Waals surface area (Å²) in [6.07, 6.45) is 28.7. The van der Waals surface area contributed by atoms with Gasteiger partial charge in [-0.2, -0.15) is 0 Å². The Morgan fingerprint density at radius 3 is 1.42 bits per heavy atom. The first kappa shape index (κ1) is 30.8. The fourth-order valence-electron chi connectivity index (χ4n) is 4.64. The molecule has 0 N–H and O–H groups in total. The zero-order valence-electron chi connectivity index (χ0n) is 21.8. The van der Waals surface area contributed by atoms with Gasteiger partial charge in [0.15, 0.2) is 0 Å². The van der Waals surface area contributed by atoms with E-state index in [0.717, 1.165) is 19.3 Å². The van der Waals surface area contributed by atoms with Gasteiger partial charge >= 0.3 is 8.03 Å². The Bertz CT molecular complexity index is 459. The molecule has 0 aliphatic carbocycles. The van der Waals surface area contributed by atoms with Crippen molar-refractivity contribution in [2.24, 2.45) is 0 Å². The molecule has 184 valence electrons. The SMILES string of the molecule is CCCCCCCCCCCCCC=CCCCCCCC(CC)([P+](=O)[O-])[N+](C)(C)C. The molecule has 31 heavy (non-hydrogen) atoms. The van der Waals surface area contributed by atoms with Gasteiger partial charge < -0.3 is 4.89 Å². The first-order valence-corrected chi connectivity index (χ1v) is 14.6. The molecule has 0 saturated heterocycles. The van der Waals surface area contributed by atoms with Crippen molar-refractivity contribution in [1.29, 1.82) is 0 Å². The highest BCUT2D eigenvalue weighted by molar-refractivity contribution is 7.38. The highest BCUT2D eigenvalue weighted by Crippen LogP contribution is 2.44. The smallest absolute Gasteiger partial charge is 0.376 e. The van der Waals surface area contributed by atoms with Gasteiger partial charge in [-0.25, -0.2) is 0 Å². The second kappa shape index (κ2) is 19.2. The van der Waals surface area contributed by atoms with Gasteiger partial charge in [0.1, 0.15) is 0 Å². The third kappa shape index (κ3) is 14.5. The molecule has 0 bridgehead atoms. The van der Waals surface area contributed by atoms with Crippen LogP contribution in [0, 0.1) is 0 Å². The number of quaternary nitrogens is 1. The number of hydrogen-bond acceptors (Lipinski definition) is 2. The van der Waals surface area contributed by atoms with Gasteiger partial charge in [-0.05, 0) is 32.1 Å². The average Bonchev–Trinajstić information content (AvgIpc) is 2.71. The van der Waals surface area contributed by atoms with Crippen molar-refractivity contribution in [3.05, 3.63) is 12.2 Å². The molecule has 0 radical (unpaired) electrons. The molecular weight excluding hydrogens is 401 g/mol. The fraction of sp³-hybridized carbons (Fsp3) is 0.926. The van der Waals surface area contributed by atoms with E-state index in [-0.39, 0.29) is 0 Å². The molecule has 2 atom stereocenters. The summed E-state index contributed by atoms with van der Waals surface area (Å²) in [6.45, 7) is 4.29. The predicted octanol–water partition coefficient (Wildman–Crippen LogP) is 8.50. The summed E-state index contributed by atoms with van der Waals surface area (Å²) in [5.74, 6) is 0. The molecule has 0 aromatic heterocycles. The maximum absolute atomic E-state index is 11.9. The van der Waals surface area contributed by atoms with E-state index in [2.05, 4.69) is 19.1 Å². The van der Waals surface area contributed by atoms with E-state index < -0.39 is 13.3 Å². The molecular formula is C27H55NO2P+. The van der Waals surface area contributed by atoms with Crippen LogP contribution in [0.2, 0.25) is 0 Å². The largest absolute Gasteiger partial charge is 0.590 e. The van der Waals surface area contributed by atoms with Crippen molar-refractivity contribution in [2.75, 3.05) is 21.1 Å². The Morgan fingerprint density at radius 2 is 1.06 bits per heavy atom. The van der Waals surface area contributed by atoms with Crippen LogP contribution in [0.5, 0.6) is 0 Å². The fourth-order valence-corrected chi connectivity index (χ4v) is 5.73. The Kier molecular flexibility index (Phi) is 19.1. The van der Waals surface area contributed by atoms with Crippen LogP contribution in [0.15, 0.2) is 12.2 Å². The van der Waals surface area contributed by atoms with Crippen LogP contribution in [0.1, 0.15) is 136 Å². The van der Waals surface area contributed by atoms with Crippen molar-refractivity contribution >= 4 is 8.03 Å². The minimum absolute atomic E-state index is 0.504. The van der Waals surface area contributed by atoms with Crippen LogP contribution >= 0.6 is 8.03 Å². The molecule has 0 spiro atoms. The van der Waals surface area contributed by atoms with Crippen LogP contribution in [0.3, 0.4) is 0 Å². The van der Waals surface area contributed by atoms with Gasteiger partial charge in [0, 0.05) is 12.8 Å². The summed E-state index contributed by atoms with van der Waals surface area (Å²) in [5, 5.41) is -0.607. The second-order valence-electron chi connectivity index (χ2n) is 10.4. The number of unbranched alkanes of at least 4 members (excludes halogenated alkanes) is 15. The van der Waals surface area contributed by atoms with E-state index in [0.29, 0.717) is 10.9 Å². The van der Waals surface area contributed by atoms with Gasteiger partial charge in [0.2, 0.25) is 0 Å². The van der Waals surface area contributed by atoms with Crippen LogP contribution in [0.25, 0.3) is 0 Å². The molecule has 0 saturated carbocycles. The van der Waals surface area contributed by atoms with Crippen LogP contribution < -0.4 is 4.89 Å². The Balaban J connectivity index is 3.57. The summed E-state index contributed by atoms with van der Waals surface area (Å²) < 4.78 is 12.4. The molecule has 0 aromatic rings. The summed E-state index contributed by atoms with van der Waals surface area (Å²) in [7, 11) is 3.61. The molecule has 0 fully saturated rings. The second-order valence-corrected chi connectivity index (χ2v) is 11.7. The molecule has 0 aliphatic rings. The third-order valence-electron chi connectivity index (χ3n) is 6.99. The summed E-state index contributed by atoms with van der Waals surface area (Å²) in [6, 6.07) is 0. The van der Waals surface area contributed by atoms with E-state index in [9.17, 15) is 9.46 Å². The van der Waals surface area contributed by atoms with Crippen molar-refractivity contribution in [3.63, 3.8) is 0 Å². The minimum Gasteiger partial charge on any atom is -0.590 e. The first-order valence-electron chi connectivity index (χ1n) is 13.4. The first-order chi connectivity index (χ1) is 14.8. The summed E-state index contributed by atoms with van der Waals surface area (Å²) in [4.78, 5) is 11.9. The highest BCUT2D eigenvalue weighted by Gasteiger charge is 2.52. The zero-order chi connectivity index (χ0) is 23.4. The van der Waals surface area contributed by atoms with Gasteiger partial charge in [0.25, 0.3) is 5.28 Å². The molecule has 0 rings (SSSR count). The predicted molar refractivity (Wildman–Crippen MR) is 137 cm³/mol. The minimum atomic E-state index is -2.42. The number of rotatable bonds is 22.